The van der Waals surface area contributed by atoms with E-state index in [4.69, 9.17) is 27.9 Å². The number of methoxy groups -OCH3 is 1. The molecule has 2 aromatic rings. The highest BCUT2D eigenvalue weighted by Crippen LogP contribution is 2.35. The van der Waals surface area contributed by atoms with Crippen molar-refractivity contribution < 1.29 is 23.9 Å². The Morgan fingerprint density at radius 1 is 1.24 bits per heavy atom. The minimum Gasteiger partial charge on any atom is -0.479 e. The smallest absolute Gasteiger partial charge is 0.343 e. The van der Waals surface area contributed by atoms with Crippen molar-refractivity contribution in [2.45, 2.75) is 0 Å². The Balaban J connectivity index is 1.86. The van der Waals surface area contributed by atoms with Gasteiger partial charge in [0.05, 0.1) is 22.3 Å². The van der Waals surface area contributed by atoms with Crippen molar-refractivity contribution in [2.75, 3.05) is 18.6 Å². The van der Waals surface area contributed by atoms with Gasteiger partial charge in [-0.25, -0.2) is 14.5 Å². The summed E-state index contributed by atoms with van der Waals surface area (Å²) in [5, 5.41) is 3.13. The number of hydrogen-bond donors (Lipinski definition) is 1. The van der Waals surface area contributed by atoms with Crippen LogP contribution >= 0.6 is 39.1 Å². The molecule has 7 nitrogen and oxygen atoms in total. The number of rotatable bonds is 5. The fraction of sp³-hybridized carbons (Fsp3) is 0.105. The molecule has 0 aliphatic carbocycles. The summed E-state index contributed by atoms with van der Waals surface area (Å²) in [6.45, 7) is -0.307. The molecule has 0 spiro atoms. The van der Waals surface area contributed by atoms with Gasteiger partial charge in [0.1, 0.15) is 5.70 Å². The zero-order valence-electron chi connectivity index (χ0n) is 14.9. The van der Waals surface area contributed by atoms with E-state index >= 15 is 0 Å². The predicted molar refractivity (Wildman–Crippen MR) is 112 cm³/mol. The molecule has 0 unspecified atom stereocenters. The molecule has 2 aromatic carbocycles. The van der Waals surface area contributed by atoms with Gasteiger partial charge >= 0.3 is 12.0 Å². The van der Waals surface area contributed by atoms with Crippen LogP contribution in [0.5, 0.6) is 5.75 Å². The van der Waals surface area contributed by atoms with Crippen LogP contribution in [-0.2, 0) is 14.3 Å². The fourth-order valence-electron chi connectivity index (χ4n) is 2.54. The molecule has 1 fully saturated rings. The normalized spacial score (nSPS) is 14.9. The first-order valence-electron chi connectivity index (χ1n) is 8.11. The number of ether oxygens (including phenoxy) is 2. The van der Waals surface area contributed by atoms with Gasteiger partial charge in [-0.15, -0.1) is 0 Å². The van der Waals surface area contributed by atoms with Crippen molar-refractivity contribution in [1.29, 1.82) is 0 Å². The maximum absolute atomic E-state index is 12.7. The Bertz CT molecular complexity index is 1020. The van der Waals surface area contributed by atoms with Crippen LogP contribution in [0.25, 0.3) is 6.08 Å². The van der Waals surface area contributed by atoms with Crippen LogP contribution in [0.2, 0.25) is 10.0 Å². The molecule has 1 aliphatic heterocycles. The van der Waals surface area contributed by atoms with Crippen molar-refractivity contribution in [2.24, 2.45) is 0 Å². The van der Waals surface area contributed by atoms with E-state index in [1.54, 1.807) is 24.3 Å². The van der Waals surface area contributed by atoms with Crippen LogP contribution in [0.4, 0.5) is 10.5 Å². The molecule has 0 radical (unpaired) electrons. The summed E-state index contributed by atoms with van der Waals surface area (Å²) >= 11 is 15.5. The van der Waals surface area contributed by atoms with Crippen LogP contribution in [0.1, 0.15) is 5.56 Å². The number of esters is 1. The Morgan fingerprint density at radius 3 is 2.66 bits per heavy atom. The van der Waals surface area contributed by atoms with Gasteiger partial charge in [-0.05, 0) is 57.9 Å². The number of anilines is 1. The third-order valence-electron chi connectivity index (χ3n) is 3.84. The molecule has 0 aromatic heterocycles. The summed E-state index contributed by atoms with van der Waals surface area (Å²) in [6, 6.07) is 8.98. The third-order valence-corrected chi connectivity index (χ3v) is 4.94. The number of carbonyl (C=O) groups is 3. The topological polar surface area (TPSA) is 84.9 Å². The van der Waals surface area contributed by atoms with E-state index in [1.165, 1.54) is 25.3 Å². The van der Waals surface area contributed by atoms with Gasteiger partial charge in [0.2, 0.25) is 0 Å². The summed E-state index contributed by atoms with van der Waals surface area (Å²) in [5.74, 6) is -0.836. The van der Waals surface area contributed by atoms with E-state index < -0.39 is 17.9 Å². The number of carbonyl (C=O) groups excluding carboxylic acids is 3. The van der Waals surface area contributed by atoms with Gasteiger partial charge in [0.15, 0.2) is 12.4 Å². The summed E-state index contributed by atoms with van der Waals surface area (Å²) < 4.78 is 10.3. The molecule has 1 heterocycles. The number of imide groups is 1. The van der Waals surface area contributed by atoms with Gasteiger partial charge in [-0.3, -0.25) is 4.79 Å². The minimum absolute atomic E-state index is 0.0705. The van der Waals surface area contributed by atoms with Crippen LogP contribution in [0.3, 0.4) is 0 Å². The lowest BCUT2D eigenvalue weighted by molar-refractivity contribution is -0.142. The standard InChI is InChI=1S/C19H13BrCl2N2O5/c1-28-16(25)9-29-17-13(20)5-10(6-14(17)22)7-15-18(26)24(19(27)23-15)12-4-2-3-11(21)8-12/h2-8H,9H2,1H3,(H,23,27)/b15-7+. The largest absolute Gasteiger partial charge is 0.479 e. The molecule has 1 aliphatic rings. The number of hydrogen-bond acceptors (Lipinski definition) is 5. The summed E-state index contributed by atoms with van der Waals surface area (Å²) in [6.07, 6.45) is 1.48. The van der Waals surface area contributed by atoms with Crippen molar-refractivity contribution in [3.8, 4) is 5.75 Å². The number of nitrogens with zero attached hydrogens (tertiary/aromatic N) is 1. The summed E-state index contributed by atoms with van der Waals surface area (Å²) in [7, 11) is 1.25. The Morgan fingerprint density at radius 2 is 2.00 bits per heavy atom. The molecular formula is C19H13BrCl2N2O5. The molecule has 0 atom stereocenters. The lowest BCUT2D eigenvalue weighted by atomic mass is 10.1. The average molecular weight is 500 g/mol. The maximum Gasteiger partial charge on any atom is 0.343 e. The predicted octanol–water partition coefficient (Wildman–Crippen LogP) is 4.41. The van der Waals surface area contributed by atoms with E-state index in [1.807, 2.05) is 0 Å². The van der Waals surface area contributed by atoms with Crippen LogP contribution in [-0.4, -0.2) is 31.6 Å². The molecule has 29 heavy (non-hydrogen) atoms. The number of urea groups is 1. The van der Waals surface area contributed by atoms with Gasteiger partial charge in [-0.1, -0.05) is 29.3 Å². The third kappa shape index (κ3) is 4.72. The number of amides is 3. The molecule has 3 rings (SSSR count). The molecule has 1 saturated heterocycles. The number of halogens is 3. The average Bonchev–Trinajstić information content (AvgIpc) is 2.94. The van der Waals surface area contributed by atoms with Crippen LogP contribution < -0.4 is 15.0 Å². The van der Waals surface area contributed by atoms with Crippen molar-refractivity contribution >= 4 is 68.8 Å². The molecule has 10 heteroatoms. The van der Waals surface area contributed by atoms with E-state index in [9.17, 15) is 14.4 Å². The zero-order chi connectivity index (χ0) is 21.1. The zero-order valence-corrected chi connectivity index (χ0v) is 18.0. The van der Waals surface area contributed by atoms with Crippen molar-refractivity contribution in [3.05, 3.63) is 62.2 Å². The van der Waals surface area contributed by atoms with Crippen LogP contribution in [0.15, 0.2) is 46.6 Å². The highest BCUT2D eigenvalue weighted by molar-refractivity contribution is 9.10. The second kappa shape index (κ2) is 8.86. The number of nitrogens with one attached hydrogen (secondary N) is 1. The first-order valence-corrected chi connectivity index (χ1v) is 9.66. The van der Waals surface area contributed by atoms with Gasteiger partial charge in [0, 0.05) is 5.02 Å². The Labute approximate surface area is 184 Å². The summed E-state index contributed by atoms with van der Waals surface area (Å²) in [4.78, 5) is 37.2. The molecule has 3 amide bonds. The molecule has 0 bridgehead atoms. The highest BCUT2D eigenvalue weighted by atomic mass is 79.9. The second-order valence-electron chi connectivity index (χ2n) is 5.79. The first-order chi connectivity index (χ1) is 13.8. The minimum atomic E-state index is -0.591. The Hall–Kier alpha value is -2.55. The van der Waals surface area contributed by atoms with Crippen LogP contribution in [0, 0.1) is 0 Å². The molecule has 150 valence electrons. The van der Waals surface area contributed by atoms with Gasteiger partial charge in [-0.2, -0.15) is 0 Å². The molecule has 0 saturated carbocycles. The van der Waals surface area contributed by atoms with Gasteiger partial charge in [0.25, 0.3) is 5.91 Å². The van der Waals surface area contributed by atoms with Crippen molar-refractivity contribution in [1.82, 2.24) is 5.32 Å². The van der Waals surface area contributed by atoms with E-state index in [0.29, 0.717) is 20.7 Å². The lowest BCUT2D eigenvalue weighted by Crippen LogP contribution is -2.30. The maximum atomic E-state index is 12.7. The monoisotopic (exact) mass is 498 g/mol. The quantitative estimate of drug-likeness (QED) is 0.374. The van der Waals surface area contributed by atoms with Crippen molar-refractivity contribution in [3.63, 3.8) is 0 Å². The fourth-order valence-corrected chi connectivity index (χ4v) is 3.72. The van der Waals surface area contributed by atoms with E-state index in [2.05, 4.69) is 26.0 Å². The van der Waals surface area contributed by atoms with E-state index in [0.717, 1.165) is 4.90 Å². The highest BCUT2D eigenvalue weighted by Gasteiger charge is 2.35. The van der Waals surface area contributed by atoms with E-state index in [-0.39, 0.29) is 23.1 Å². The van der Waals surface area contributed by atoms with Gasteiger partial charge < -0.3 is 14.8 Å². The SMILES string of the molecule is COC(=O)COc1c(Cl)cc(/C=C2/NC(=O)N(c3cccc(Cl)c3)C2=O)cc1Br. The summed E-state index contributed by atoms with van der Waals surface area (Å²) in [5.41, 5.74) is 0.958. The Kier molecular flexibility index (Phi) is 6.46. The molecule has 1 N–H and O–H groups in total. The lowest BCUT2D eigenvalue weighted by Gasteiger charge is -2.12. The molecular weight excluding hydrogens is 487 g/mol. The first kappa shape index (κ1) is 21.2. The number of benzene rings is 2. The second-order valence-corrected chi connectivity index (χ2v) is 7.49.